The molecule has 16 heavy (non-hydrogen) atoms. The van der Waals surface area contributed by atoms with E-state index in [4.69, 9.17) is 5.14 Å². The highest BCUT2D eigenvalue weighted by Crippen LogP contribution is 2.32. The Morgan fingerprint density at radius 3 is 2.31 bits per heavy atom. The lowest BCUT2D eigenvalue weighted by molar-refractivity contribution is 0.598. The Hall–Kier alpha value is -0.390. The van der Waals surface area contributed by atoms with E-state index in [1.54, 1.807) is 0 Å². The summed E-state index contributed by atoms with van der Waals surface area (Å²) in [5, 5.41) is 5.25. The zero-order chi connectivity index (χ0) is 12.3. The molecule has 1 heterocycles. The van der Waals surface area contributed by atoms with E-state index >= 15 is 0 Å². The fourth-order valence-corrected chi connectivity index (χ4v) is 4.32. The molecular formula is C11H19NO2S2. The SMILES string of the molecule is CCCCc1c(S(N)(=O)=O)sc(C)c1CC. The molecule has 0 aliphatic carbocycles. The van der Waals surface area contributed by atoms with E-state index in [1.807, 2.05) is 6.92 Å². The molecule has 0 atom stereocenters. The topological polar surface area (TPSA) is 60.2 Å². The third kappa shape index (κ3) is 2.84. The van der Waals surface area contributed by atoms with Crippen LogP contribution in [-0.2, 0) is 22.9 Å². The van der Waals surface area contributed by atoms with Gasteiger partial charge in [0, 0.05) is 4.88 Å². The van der Waals surface area contributed by atoms with Gasteiger partial charge < -0.3 is 0 Å². The third-order valence-corrected chi connectivity index (χ3v) is 5.37. The van der Waals surface area contributed by atoms with Gasteiger partial charge in [-0.3, -0.25) is 0 Å². The van der Waals surface area contributed by atoms with E-state index < -0.39 is 10.0 Å². The molecule has 0 aromatic carbocycles. The van der Waals surface area contributed by atoms with Crippen LogP contribution >= 0.6 is 11.3 Å². The largest absolute Gasteiger partial charge is 0.247 e. The molecule has 0 radical (unpaired) electrons. The van der Waals surface area contributed by atoms with Crippen LogP contribution in [0.2, 0.25) is 0 Å². The summed E-state index contributed by atoms with van der Waals surface area (Å²) >= 11 is 1.31. The average molecular weight is 261 g/mol. The molecule has 1 aromatic heterocycles. The van der Waals surface area contributed by atoms with Gasteiger partial charge in [0.25, 0.3) is 0 Å². The summed E-state index contributed by atoms with van der Waals surface area (Å²) in [5.74, 6) is 0. The number of unbranched alkanes of at least 4 members (excludes halogenated alkanes) is 1. The molecular weight excluding hydrogens is 242 g/mol. The van der Waals surface area contributed by atoms with Gasteiger partial charge in [-0.25, -0.2) is 13.6 Å². The molecule has 0 fully saturated rings. The van der Waals surface area contributed by atoms with E-state index in [0.29, 0.717) is 4.21 Å². The number of aryl methyl sites for hydroxylation is 1. The lowest BCUT2D eigenvalue weighted by Gasteiger charge is -2.04. The summed E-state index contributed by atoms with van der Waals surface area (Å²) in [6, 6.07) is 0. The first-order chi connectivity index (χ1) is 7.41. The fourth-order valence-electron chi connectivity index (χ4n) is 1.90. The number of hydrogen-bond acceptors (Lipinski definition) is 3. The summed E-state index contributed by atoms with van der Waals surface area (Å²) in [6.07, 6.45) is 3.75. The Morgan fingerprint density at radius 2 is 1.88 bits per heavy atom. The van der Waals surface area contributed by atoms with Crippen molar-refractivity contribution in [3.8, 4) is 0 Å². The van der Waals surface area contributed by atoms with Crippen LogP contribution in [0.5, 0.6) is 0 Å². The van der Waals surface area contributed by atoms with Crippen LogP contribution in [0.25, 0.3) is 0 Å². The van der Waals surface area contributed by atoms with E-state index in [9.17, 15) is 8.42 Å². The van der Waals surface area contributed by atoms with Crippen LogP contribution in [0, 0.1) is 6.92 Å². The molecule has 0 aliphatic rings. The molecule has 1 aromatic rings. The number of rotatable bonds is 5. The predicted octanol–water partition coefficient (Wildman–Crippen LogP) is 2.61. The first-order valence-electron chi connectivity index (χ1n) is 5.55. The predicted molar refractivity (Wildman–Crippen MR) is 68.4 cm³/mol. The third-order valence-electron chi connectivity index (χ3n) is 2.67. The molecule has 5 heteroatoms. The summed E-state index contributed by atoms with van der Waals surface area (Å²) in [4.78, 5) is 1.08. The minimum absolute atomic E-state index is 0.371. The molecule has 0 spiro atoms. The summed E-state index contributed by atoms with van der Waals surface area (Å²) in [7, 11) is -3.56. The van der Waals surface area contributed by atoms with Crippen LogP contribution in [0.15, 0.2) is 4.21 Å². The second-order valence-electron chi connectivity index (χ2n) is 3.90. The van der Waals surface area contributed by atoms with Gasteiger partial charge in [-0.1, -0.05) is 20.3 Å². The van der Waals surface area contributed by atoms with E-state index in [-0.39, 0.29) is 0 Å². The van der Waals surface area contributed by atoms with Crippen molar-refractivity contribution < 1.29 is 8.42 Å². The molecule has 0 saturated carbocycles. The Bertz CT molecular complexity index is 461. The number of hydrogen-bond donors (Lipinski definition) is 1. The Kier molecular flexibility index (Phi) is 4.52. The Morgan fingerprint density at radius 1 is 1.25 bits per heavy atom. The second-order valence-corrected chi connectivity index (χ2v) is 6.89. The monoisotopic (exact) mass is 261 g/mol. The lowest BCUT2D eigenvalue weighted by atomic mass is 10.0. The van der Waals surface area contributed by atoms with Crippen molar-refractivity contribution in [2.24, 2.45) is 5.14 Å². The number of sulfonamides is 1. The van der Waals surface area contributed by atoms with E-state index in [1.165, 1.54) is 16.9 Å². The maximum absolute atomic E-state index is 11.5. The number of nitrogens with two attached hydrogens (primary N) is 1. The Balaban J connectivity index is 3.27. The van der Waals surface area contributed by atoms with Crippen molar-refractivity contribution in [2.45, 2.75) is 50.7 Å². The van der Waals surface area contributed by atoms with Crippen LogP contribution in [0.3, 0.4) is 0 Å². The summed E-state index contributed by atoms with van der Waals surface area (Å²) in [6.45, 7) is 6.12. The molecule has 3 nitrogen and oxygen atoms in total. The minimum atomic E-state index is -3.56. The van der Waals surface area contributed by atoms with Crippen LogP contribution in [0.1, 0.15) is 42.7 Å². The summed E-state index contributed by atoms with van der Waals surface area (Å²) < 4.78 is 23.3. The van der Waals surface area contributed by atoms with Gasteiger partial charge in [-0.15, -0.1) is 11.3 Å². The smallest absolute Gasteiger partial charge is 0.224 e. The highest BCUT2D eigenvalue weighted by molar-refractivity contribution is 7.91. The van der Waals surface area contributed by atoms with Crippen LogP contribution in [0.4, 0.5) is 0 Å². The van der Waals surface area contributed by atoms with Crippen LogP contribution < -0.4 is 5.14 Å². The van der Waals surface area contributed by atoms with Crippen molar-refractivity contribution in [1.29, 1.82) is 0 Å². The summed E-state index contributed by atoms with van der Waals surface area (Å²) in [5.41, 5.74) is 2.12. The molecule has 1 rings (SSSR count). The van der Waals surface area contributed by atoms with E-state index in [0.717, 1.165) is 36.1 Å². The van der Waals surface area contributed by atoms with Gasteiger partial charge in [0.15, 0.2) is 0 Å². The molecule has 2 N–H and O–H groups in total. The van der Waals surface area contributed by atoms with Gasteiger partial charge in [0.2, 0.25) is 10.0 Å². The van der Waals surface area contributed by atoms with Crippen molar-refractivity contribution in [3.63, 3.8) is 0 Å². The Labute approximate surface area is 102 Å². The van der Waals surface area contributed by atoms with Crippen LogP contribution in [-0.4, -0.2) is 8.42 Å². The lowest BCUT2D eigenvalue weighted by Crippen LogP contribution is -2.12. The molecule has 0 saturated heterocycles. The fraction of sp³-hybridized carbons (Fsp3) is 0.636. The van der Waals surface area contributed by atoms with E-state index in [2.05, 4.69) is 13.8 Å². The second kappa shape index (κ2) is 5.29. The van der Waals surface area contributed by atoms with Gasteiger partial charge in [-0.2, -0.15) is 0 Å². The van der Waals surface area contributed by atoms with Crippen molar-refractivity contribution in [3.05, 3.63) is 16.0 Å². The molecule has 92 valence electrons. The van der Waals surface area contributed by atoms with Gasteiger partial charge in [0.05, 0.1) is 0 Å². The van der Waals surface area contributed by atoms with Crippen molar-refractivity contribution >= 4 is 21.4 Å². The molecule has 0 aliphatic heterocycles. The minimum Gasteiger partial charge on any atom is -0.224 e. The number of thiophene rings is 1. The van der Waals surface area contributed by atoms with Gasteiger partial charge in [-0.05, 0) is 37.3 Å². The highest BCUT2D eigenvalue weighted by atomic mass is 32.2. The van der Waals surface area contributed by atoms with Gasteiger partial charge >= 0.3 is 0 Å². The quantitative estimate of drug-likeness (QED) is 0.885. The maximum atomic E-state index is 11.5. The maximum Gasteiger partial charge on any atom is 0.247 e. The number of primary sulfonamides is 1. The molecule has 0 unspecified atom stereocenters. The zero-order valence-electron chi connectivity index (χ0n) is 10.0. The normalized spacial score (nSPS) is 12.0. The zero-order valence-corrected chi connectivity index (χ0v) is 11.7. The molecule has 0 bridgehead atoms. The first kappa shape index (κ1) is 13.7. The highest BCUT2D eigenvalue weighted by Gasteiger charge is 2.21. The van der Waals surface area contributed by atoms with Crippen molar-refractivity contribution in [2.75, 3.05) is 0 Å². The average Bonchev–Trinajstić information content (AvgIpc) is 2.51. The standard InChI is InChI=1S/C11H19NO2S2/c1-4-6-7-10-9(5-2)8(3)15-11(10)16(12,13)14/h4-7H2,1-3H3,(H2,12,13,14). The first-order valence-corrected chi connectivity index (χ1v) is 7.92. The molecule has 0 amide bonds. The van der Waals surface area contributed by atoms with Crippen molar-refractivity contribution in [1.82, 2.24) is 0 Å². The van der Waals surface area contributed by atoms with Gasteiger partial charge in [0.1, 0.15) is 4.21 Å².